The maximum Gasteiger partial charge on any atom is 0.227 e. The summed E-state index contributed by atoms with van der Waals surface area (Å²) in [5, 5.41) is 38.9. The van der Waals surface area contributed by atoms with Gasteiger partial charge in [0.25, 0.3) is 0 Å². The van der Waals surface area contributed by atoms with Crippen LogP contribution in [0.3, 0.4) is 0 Å². The highest BCUT2D eigenvalue weighted by Gasteiger charge is 2.44. The second-order valence-corrected chi connectivity index (χ2v) is 8.82. The van der Waals surface area contributed by atoms with Gasteiger partial charge in [-0.05, 0) is 30.9 Å². The van der Waals surface area contributed by atoms with Crippen LogP contribution in [-0.2, 0) is 6.42 Å². The molecule has 0 aliphatic heterocycles. The van der Waals surface area contributed by atoms with Crippen LogP contribution in [0.1, 0.15) is 29.6 Å². The first-order valence-electron chi connectivity index (χ1n) is 11.2. The Kier molecular flexibility index (Phi) is 5.90. The number of aryl methyl sites for hydroxylation is 1. The Bertz CT molecular complexity index is 1270. The minimum atomic E-state index is -1.04. The Hall–Kier alpha value is -3.54. The van der Waals surface area contributed by atoms with Crippen molar-refractivity contribution in [1.82, 2.24) is 29.3 Å². The quantitative estimate of drug-likeness (QED) is 0.267. The van der Waals surface area contributed by atoms with Crippen LogP contribution in [0.15, 0.2) is 49.1 Å². The number of aliphatic hydroxyl groups excluding tert-OH is 3. The number of hydrogen-bond acceptors (Lipinski definition) is 9. The number of nitrogens with two attached hydrogens (primary N) is 1. The van der Waals surface area contributed by atoms with Crippen LogP contribution in [-0.4, -0.2) is 69.5 Å². The topological polar surface area (TPSA) is 160 Å². The predicted molar refractivity (Wildman–Crippen MR) is 126 cm³/mol. The molecule has 34 heavy (non-hydrogen) atoms. The molecule has 0 amide bonds. The van der Waals surface area contributed by atoms with Crippen LogP contribution in [0, 0.1) is 6.92 Å². The average molecular weight is 465 g/mol. The lowest BCUT2D eigenvalue weighted by Gasteiger charge is -2.19. The van der Waals surface area contributed by atoms with E-state index < -0.39 is 18.2 Å². The van der Waals surface area contributed by atoms with E-state index in [1.165, 1.54) is 0 Å². The lowest BCUT2D eigenvalue weighted by Crippen LogP contribution is -2.30. The maximum absolute atomic E-state index is 10.9. The van der Waals surface area contributed by atoms with E-state index in [0.717, 1.165) is 11.1 Å². The maximum atomic E-state index is 10.9. The van der Waals surface area contributed by atoms with Crippen molar-refractivity contribution in [3.63, 3.8) is 0 Å². The summed E-state index contributed by atoms with van der Waals surface area (Å²) in [7, 11) is 0. The molecule has 4 aromatic rings. The molecule has 178 valence electrons. The van der Waals surface area contributed by atoms with Gasteiger partial charge in [0.05, 0.1) is 37.3 Å². The van der Waals surface area contributed by atoms with Crippen molar-refractivity contribution in [2.24, 2.45) is 0 Å². The molecule has 11 heteroatoms. The first kappa shape index (κ1) is 22.3. The van der Waals surface area contributed by atoms with Gasteiger partial charge in [-0.1, -0.05) is 30.3 Å². The average Bonchev–Trinajstić information content (AvgIpc) is 3.52. The molecule has 1 fully saturated rings. The summed E-state index contributed by atoms with van der Waals surface area (Å²) >= 11 is 0. The molecule has 0 radical (unpaired) electrons. The van der Waals surface area contributed by atoms with E-state index in [0.29, 0.717) is 24.0 Å². The second kappa shape index (κ2) is 9.01. The van der Waals surface area contributed by atoms with Crippen molar-refractivity contribution in [2.45, 2.75) is 50.1 Å². The smallest absolute Gasteiger partial charge is 0.227 e. The Balaban J connectivity index is 1.43. The van der Waals surface area contributed by atoms with Gasteiger partial charge in [-0.3, -0.25) is 4.68 Å². The third-order valence-corrected chi connectivity index (χ3v) is 6.38. The number of benzene rings is 1. The Morgan fingerprint density at radius 2 is 1.91 bits per heavy atom. The Morgan fingerprint density at radius 3 is 2.62 bits per heavy atom. The number of aromatic nitrogens is 6. The molecular weight excluding hydrogens is 436 g/mol. The minimum Gasteiger partial charge on any atom is -0.394 e. The van der Waals surface area contributed by atoms with Crippen molar-refractivity contribution in [3.05, 3.63) is 60.2 Å². The van der Waals surface area contributed by atoms with E-state index in [1.54, 1.807) is 21.8 Å². The normalized spacial score (nSPS) is 23.4. The second-order valence-electron chi connectivity index (χ2n) is 8.82. The molecule has 0 unspecified atom stereocenters. The van der Waals surface area contributed by atoms with E-state index >= 15 is 0 Å². The van der Waals surface area contributed by atoms with Gasteiger partial charge in [0.1, 0.15) is 17.7 Å². The summed E-state index contributed by atoms with van der Waals surface area (Å²) in [4.78, 5) is 13.3. The van der Waals surface area contributed by atoms with E-state index in [4.69, 9.17) is 5.73 Å². The van der Waals surface area contributed by atoms with Gasteiger partial charge in [0.2, 0.25) is 5.95 Å². The highest BCUT2D eigenvalue weighted by molar-refractivity contribution is 5.83. The SMILES string of the molecule is Cc1cnn([C@H]2C[C@@H](n3cnc4c(N)nc(N[C@H](CO)Cc5ccccc5)nc43)[C@H](O)[C@@H]2O)c1. The number of nitrogens with one attached hydrogen (secondary N) is 1. The summed E-state index contributed by atoms with van der Waals surface area (Å²) in [6.45, 7) is 1.81. The number of anilines is 2. The van der Waals surface area contributed by atoms with E-state index in [-0.39, 0.29) is 30.5 Å². The fourth-order valence-corrected chi connectivity index (χ4v) is 4.63. The number of imidazole rings is 1. The van der Waals surface area contributed by atoms with Gasteiger partial charge < -0.3 is 30.9 Å². The lowest BCUT2D eigenvalue weighted by molar-refractivity contribution is 0.00722. The number of nitrogen functional groups attached to an aromatic ring is 1. The molecule has 3 aromatic heterocycles. The molecule has 0 saturated heterocycles. The molecule has 6 N–H and O–H groups in total. The van der Waals surface area contributed by atoms with E-state index in [2.05, 4.69) is 25.4 Å². The Labute approximate surface area is 195 Å². The van der Waals surface area contributed by atoms with Gasteiger partial charge in [0, 0.05) is 6.20 Å². The molecule has 0 spiro atoms. The molecule has 1 aliphatic rings. The zero-order chi connectivity index (χ0) is 23.8. The number of nitrogens with zero attached hydrogens (tertiary/aromatic N) is 6. The van der Waals surface area contributed by atoms with Crippen molar-refractivity contribution in [3.8, 4) is 0 Å². The molecular formula is C23H28N8O3. The van der Waals surface area contributed by atoms with Crippen molar-refractivity contribution >= 4 is 22.9 Å². The monoisotopic (exact) mass is 464 g/mol. The molecule has 11 nitrogen and oxygen atoms in total. The predicted octanol–water partition coefficient (Wildman–Crippen LogP) is 0.837. The van der Waals surface area contributed by atoms with Crippen molar-refractivity contribution < 1.29 is 15.3 Å². The number of hydrogen-bond donors (Lipinski definition) is 5. The van der Waals surface area contributed by atoms with Crippen LogP contribution in [0.25, 0.3) is 11.2 Å². The van der Waals surface area contributed by atoms with Crippen LogP contribution in [0.2, 0.25) is 0 Å². The van der Waals surface area contributed by atoms with Crippen LogP contribution in [0.5, 0.6) is 0 Å². The molecule has 5 rings (SSSR count). The van der Waals surface area contributed by atoms with Crippen LogP contribution < -0.4 is 11.1 Å². The fourth-order valence-electron chi connectivity index (χ4n) is 4.63. The summed E-state index contributed by atoms with van der Waals surface area (Å²) in [6.07, 6.45) is 4.11. The summed E-state index contributed by atoms with van der Waals surface area (Å²) in [5.41, 5.74) is 9.06. The molecule has 1 aliphatic carbocycles. The first-order valence-corrected chi connectivity index (χ1v) is 11.2. The molecule has 3 heterocycles. The zero-order valence-electron chi connectivity index (χ0n) is 18.7. The molecule has 1 aromatic carbocycles. The number of fused-ring (bicyclic) bond motifs is 1. The van der Waals surface area contributed by atoms with Gasteiger partial charge in [0.15, 0.2) is 11.5 Å². The van der Waals surface area contributed by atoms with Crippen molar-refractivity contribution in [1.29, 1.82) is 0 Å². The van der Waals surface area contributed by atoms with Crippen LogP contribution >= 0.6 is 0 Å². The highest BCUT2D eigenvalue weighted by Crippen LogP contribution is 2.39. The van der Waals surface area contributed by atoms with Gasteiger partial charge in [-0.2, -0.15) is 15.1 Å². The number of aliphatic hydroxyl groups is 3. The standard InChI is InChI=1S/C23H28N8O3/c1-13-9-26-31(10-13)17-8-16(19(33)20(17)34)30-12-25-18-21(24)28-23(29-22(18)30)27-15(11-32)7-14-5-3-2-4-6-14/h2-6,9-10,12,15-17,19-20,32-34H,7-8,11H2,1H3,(H3,24,27,28,29)/t15-,16+,17-,19-,20+/m0/s1. The minimum absolute atomic E-state index is 0.117. The van der Waals surface area contributed by atoms with Gasteiger partial charge in [-0.15, -0.1) is 0 Å². The van der Waals surface area contributed by atoms with Crippen molar-refractivity contribution in [2.75, 3.05) is 17.7 Å². The largest absolute Gasteiger partial charge is 0.394 e. The summed E-state index contributed by atoms with van der Waals surface area (Å²) < 4.78 is 3.42. The highest BCUT2D eigenvalue weighted by atomic mass is 16.3. The third-order valence-electron chi connectivity index (χ3n) is 6.38. The molecule has 0 bridgehead atoms. The van der Waals surface area contributed by atoms with Crippen LogP contribution in [0.4, 0.5) is 11.8 Å². The summed E-state index contributed by atoms with van der Waals surface area (Å²) in [5.74, 6) is 0.448. The Morgan fingerprint density at radius 1 is 1.15 bits per heavy atom. The molecule has 5 atom stereocenters. The van der Waals surface area contributed by atoms with E-state index in [9.17, 15) is 15.3 Å². The number of rotatable bonds is 7. The summed E-state index contributed by atoms with van der Waals surface area (Å²) in [6, 6.07) is 8.63. The van der Waals surface area contributed by atoms with Gasteiger partial charge in [-0.25, -0.2) is 4.98 Å². The third kappa shape index (κ3) is 4.09. The zero-order valence-corrected chi connectivity index (χ0v) is 18.7. The van der Waals surface area contributed by atoms with Gasteiger partial charge >= 0.3 is 0 Å². The molecule has 1 saturated carbocycles. The first-order chi connectivity index (χ1) is 16.4. The van der Waals surface area contributed by atoms with E-state index in [1.807, 2.05) is 43.5 Å². The lowest BCUT2D eigenvalue weighted by atomic mass is 10.1. The fraction of sp³-hybridized carbons (Fsp3) is 0.391.